The Morgan fingerprint density at radius 2 is 1.49 bits per heavy atom. The van der Waals surface area contributed by atoms with Crippen molar-refractivity contribution in [3.05, 3.63) is 59.7 Å². The van der Waals surface area contributed by atoms with Gasteiger partial charge in [0.05, 0.1) is 55.9 Å². The number of aliphatic hydroxyl groups excluding tert-OH is 6. The fourth-order valence-corrected chi connectivity index (χ4v) is 9.82. The molecule has 4 aliphatic rings. The second-order valence-electron chi connectivity index (χ2n) is 21.1. The molecule has 13 N–H and O–H groups in total. The molecule has 31 heteroatoms. The topological polar surface area (TPSA) is 418 Å². The second-order valence-corrected chi connectivity index (χ2v) is 21.5. The predicted octanol–water partition coefficient (Wildman–Crippen LogP) is -7.30. The van der Waals surface area contributed by atoms with E-state index in [-0.39, 0.29) is 85.9 Å². The van der Waals surface area contributed by atoms with Crippen LogP contribution in [-0.4, -0.2) is 211 Å². The number of hydrogen-bond acceptors (Lipinski definition) is 23. The molecule has 0 radical (unpaired) electrons. The van der Waals surface area contributed by atoms with E-state index in [9.17, 15) is 74.6 Å². The summed E-state index contributed by atoms with van der Waals surface area (Å²) in [5.74, 6) is -8.55. The van der Waals surface area contributed by atoms with E-state index in [4.69, 9.17) is 18.4 Å². The van der Waals surface area contributed by atoms with Gasteiger partial charge in [-0.05, 0) is 58.4 Å². The fourth-order valence-electron chi connectivity index (χ4n) is 9.57. The van der Waals surface area contributed by atoms with Gasteiger partial charge in [-0.1, -0.05) is 43.3 Å². The van der Waals surface area contributed by atoms with Gasteiger partial charge >= 0.3 is 35.7 Å². The van der Waals surface area contributed by atoms with Gasteiger partial charge < -0.3 is 101 Å². The quantitative estimate of drug-likeness (QED) is 0.0259. The normalized spacial score (nSPS) is 29.5. The van der Waals surface area contributed by atoms with Crippen LogP contribution >= 0.6 is 12.3 Å². The first-order valence-electron chi connectivity index (χ1n) is 25.9. The molecule has 4 aliphatic heterocycles. The number of rotatable bonds is 15. The van der Waals surface area contributed by atoms with Crippen molar-refractivity contribution in [1.82, 2.24) is 41.7 Å². The summed E-state index contributed by atoms with van der Waals surface area (Å²) in [4.78, 5) is 102. The minimum Gasteiger partial charge on any atom is -0.691 e. The van der Waals surface area contributed by atoms with Crippen molar-refractivity contribution in [3.63, 3.8) is 0 Å². The van der Waals surface area contributed by atoms with E-state index >= 15 is 0 Å². The van der Waals surface area contributed by atoms with Gasteiger partial charge in [-0.25, -0.2) is 4.79 Å². The van der Waals surface area contributed by atoms with Crippen LogP contribution in [0.4, 0.5) is 4.79 Å². The van der Waals surface area contributed by atoms with Gasteiger partial charge in [0, 0.05) is 50.4 Å². The molecule has 0 aromatic heterocycles. The number of carbonyl (C=O) groups is 7. The maximum atomic E-state index is 15.0. The average Bonchev–Trinajstić information content (AvgIpc) is 3.95. The molecule has 4 fully saturated rings. The average molecular weight is 1180 g/mol. The van der Waals surface area contributed by atoms with E-state index in [1.807, 2.05) is 30.3 Å². The fraction of sp³-hybridized carbons (Fsp3) is 0.620. The molecule has 0 aliphatic carbocycles. The number of nitrogens with one attached hydrogen (secondary N) is 6. The van der Waals surface area contributed by atoms with Gasteiger partial charge in [0.15, 0.2) is 17.8 Å². The Morgan fingerprint density at radius 1 is 0.840 bits per heavy atom. The third kappa shape index (κ3) is 18.5. The van der Waals surface area contributed by atoms with Crippen molar-refractivity contribution in [3.8, 4) is 11.5 Å². The number of benzene rings is 2. The number of phenols is 1. The largest absolute Gasteiger partial charge is 1.00 e. The summed E-state index contributed by atoms with van der Waals surface area (Å²) >= 11 is 0.0195. The zero-order valence-electron chi connectivity index (χ0n) is 45.5. The summed E-state index contributed by atoms with van der Waals surface area (Å²) in [6, 6.07) is 1.15. The maximum Gasteiger partial charge on any atom is 1.00 e. The minimum atomic E-state index is -2.12. The number of hydrogen-bond donors (Lipinski definition) is 13. The van der Waals surface area contributed by atoms with Gasteiger partial charge in [0.1, 0.15) is 41.9 Å². The summed E-state index contributed by atoms with van der Waals surface area (Å²) in [6.45, 7) is 6.01. The summed E-state index contributed by atoms with van der Waals surface area (Å²) in [5, 5.41) is 108. The Bertz CT molecular complexity index is 2460. The van der Waals surface area contributed by atoms with E-state index < -0.39 is 176 Å². The summed E-state index contributed by atoms with van der Waals surface area (Å²) in [5.41, 5.74) is -0.183. The van der Waals surface area contributed by atoms with Gasteiger partial charge in [0.25, 0.3) is 12.3 Å². The molecule has 2 aromatic carbocycles. The molecule has 0 spiro atoms. The Hall–Kier alpha value is -5.00. The van der Waals surface area contributed by atoms with Crippen LogP contribution in [0.25, 0.3) is 0 Å². The smallest absolute Gasteiger partial charge is 0.691 e. The minimum absolute atomic E-state index is 0. The van der Waals surface area contributed by atoms with Gasteiger partial charge in [0.2, 0.25) is 35.4 Å². The Balaban J connectivity index is 0.0000120. The number of ether oxygens (including phenoxy) is 3. The maximum absolute atomic E-state index is 15.0. The molecular formula is C50H71N8NaO21S. The van der Waals surface area contributed by atoms with Crippen molar-refractivity contribution in [1.29, 1.82) is 0 Å². The molecule has 2 aromatic rings. The number of phenolic OH excluding ortho intramolecular Hbond substituents is 1. The van der Waals surface area contributed by atoms with Crippen molar-refractivity contribution in [2.24, 2.45) is 5.92 Å². The van der Waals surface area contributed by atoms with E-state index in [0.29, 0.717) is 0 Å². The number of carbonyl (C=O) groups excluding carboxylic acids is 7. The molecule has 0 saturated carbocycles. The number of fused-ring (bicyclic) bond motifs is 2. The van der Waals surface area contributed by atoms with Crippen LogP contribution < -0.4 is 70.9 Å². The van der Waals surface area contributed by atoms with Crippen molar-refractivity contribution < 1.29 is 132 Å². The van der Waals surface area contributed by atoms with Crippen molar-refractivity contribution >= 4 is 53.9 Å². The zero-order chi connectivity index (χ0) is 58.6. The van der Waals surface area contributed by atoms with Crippen molar-refractivity contribution in [2.45, 2.75) is 151 Å². The summed E-state index contributed by atoms with van der Waals surface area (Å²) in [6.07, 6.45) is -14.0. The molecular weight excluding hydrogens is 1100 g/mol. The first-order chi connectivity index (χ1) is 37.8. The monoisotopic (exact) mass is 1170 g/mol. The molecule has 81 heavy (non-hydrogen) atoms. The number of aliphatic hydroxyl groups is 6. The Morgan fingerprint density at radius 3 is 2.15 bits per heavy atom. The van der Waals surface area contributed by atoms with E-state index in [2.05, 4.69) is 41.3 Å². The number of nitrogens with zero attached hydrogens (tertiary/aromatic N) is 2. The van der Waals surface area contributed by atoms with Gasteiger partial charge in [-0.15, -0.1) is 4.33 Å². The number of alkyl carbamates (subject to hydrolysis) is 1. The summed E-state index contributed by atoms with van der Waals surface area (Å²) < 4.78 is 26.3. The number of β-amino-alcohol motifs (C(OH)–C–C–N with tert-alkyl or cyclic N) is 1. The molecule has 444 valence electrons. The molecule has 29 nitrogen and oxygen atoms in total. The second kappa shape index (κ2) is 30.5. The van der Waals surface area contributed by atoms with Crippen LogP contribution in [0.5, 0.6) is 11.5 Å². The molecule has 4 saturated heterocycles. The first kappa shape index (κ1) is 66.8. The number of aromatic hydroxyl groups is 1. The van der Waals surface area contributed by atoms with Crippen LogP contribution in [0.3, 0.4) is 0 Å². The molecule has 13 atom stereocenters. The van der Waals surface area contributed by atoms with Crippen LogP contribution in [0.15, 0.2) is 48.5 Å². The van der Waals surface area contributed by atoms with E-state index in [1.165, 1.54) is 33.8 Å². The van der Waals surface area contributed by atoms with E-state index in [0.717, 1.165) is 34.4 Å². The molecule has 7 amide bonds. The third-order valence-electron chi connectivity index (χ3n) is 13.6. The summed E-state index contributed by atoms with van der Waals surface area (Å²) in [7, 11) is 0. The third-order valence-corrected chi connectivity index (χ3v) is 14.0. The van der Waals surface area contributed by atoms with Crippen LogP contribution in [-0.2, 0) is 58.8 Å². The van der Waals surface area contributed by atoms with E-state index in [1.54, 1.807) is 0 Å². The number of amides is 7. The van der Waals surface area contributed by atoms with Crippen molar-refractivity contribution in [2.75, 3.05) is 39.4 Å². The molecule has 4 heterocycles. The Labute approximate surface area is 492 Å². The van der Waals surface area contributed by atoms with Gasteiger partial charge in [-0.3, -0.25) is 33.8 Å². The van der Waals surface area contributed by atoms with Gasteiger partial charge in [-0.2, -0.15) is 0 Å². The Kier molecular flexibility index (Phi) is 25.2. The molecule has 0 bridgehead atoms. The van der Waals surface area contributed by atoms with Crippen LogP contribution in [0.2, 0.25) is 0 Å². The van der Waals surface area contributed by atoms with Crippen LogP contribution in [0, 0.1) is 5.92 Å². The predicted molar refractivity (Wildman–Crippen MR) is 273 cm³/mol. The molecule has 6 rings (SSSR count). The standard InChI is InChI=1S/C50H72N8O21S.Na/c1-24-20-58-40(41(24)65)45(69)52-19-29(60)17-31(53-49(72)76-50(3,4)5)42(66)54-37(25(2)59)46(70)57-21-30(61)18-32(57)43(67)55-38(35(64)15-26-11-12-33(62)36(16-26)77-80-79-78-73)44(68)56-39(47(58)71)34(63)13-14-51-28-22-74-48(75-23-28)27-9-7-6-8-10-27;/h6-12,16,24-25,28-32,34-35,37-41,48,51,59-65,73H,13-15,17-23H2,1-5H3,(H,52,69)(H,53,72)(H,54,66)(H,55,67)(H,56,68);/q;+1/p-1/t24-,25+,28?,29+,30+,31?,32-,34+,35+,37-,38-,39-,40-,41-,48?;/m0./s1. The molecule has 1 unspecified atom stereocenters. The SMILES string of the molecule is C[C@@H](O)[C@@H]1NC(=O)C(NC(=O)OC(C)(C)C)C[C@@H](O)CNC(=O)[C@@H]2[C@@H](O)[C@@H](C)CN2C(=O)[C@H]([C@H](O)CCNC2COC(c3ccccc3)OC2)NC(=O)[C@H]([C@H](O)Cc2ccc(O)c(OSOO[O-])c2)NC(=O)[C@@H]2C[C@@H](O)CN2C1=O.[Na+]. The first-order valence-corrected chi connectivity index (χ1v) is 26.5. The zero-order valence-corrected chi connectivity index (χ0v) is 48.3. The van der Waals surface area contributed by atoms with Crippen LogP contribution in [0.1, 0.15) is 71.3 Å².